The second kappa shape index (κ2) is 17.5. The van der Waals surface area contributed by atoms with Crippen LogP contribution in [0.4, 0.5) is 5.69 Å². The van der Waals surface area contributed by atoms with Crippen molar-refractivity contribution in [1.29, 1.82) is 0 Å². The Morgan fingerprint density at radius 2 is 1.77 bits per heavy atom. The van der Waals surface area contributed by atoms with Crippen molar-refractivity contribution in [3.05, 3.63) is 83.6 Å². The third-order valence-electron chi connectivity index (χ3n) is 14.3. The van der Waals surface area contributed by atoms with Crippen LogP contribution in [0.2, 0.25) is 0 Å². The Bertz CT molecular complexity index is 2180. The fraction of sp³-hybridized carbons (Fsp3) is 0.551. The van der Waals surface area contributed by atoms with Crippen LogP contribution in [0.15, 0.2) is 66.9 Å². The SMILES string of the molecule is COc1c(CN2O[C@@H](CO)[C@H](C(C)C)[C@H]2C(=O)N[C@H]2C[C@H]3C[C@@H]([C@@H]2C)C3(C)C)cccc1-c1cc(C(=O)N[C@H](Cc2cn(C)c3ccccc23)CN(C)C)cc(N(C)C)c1. The number of benzene rings is 3. The van der Waals surface area contributed by atoms with Crippen molar-refractivity contribution < 1.29 is 24.3 Å². The molecule has 0 radical (unpaired) electrons. The highest BCUT2D eigenvalue weighted by Gasteiger charge is 2.57. The highest BCUT2D eigenvalue weighted by molar-refractivity contribution is 5.97. The van der Waals surface area contributed by atoms with Gasteiger partial charge >= 0.3 is 0 Å². The Hall–Kier alpha value is -4.42. The average molecular weight is 821 g/mol. The maximum absolute atomic E-state index is 14.5. The molecule has 11 heteroatoms. The zero-order valence-electron chi connectivity index (χ0n) is 37.7. The first-order chi connectivity index (χ1) is 28.5. The highest BCUT2D eigenvalue weighted by atomic mass is 16.7. The lowest BCUT2D eigenvalue weighted by Gasteiger charge is -2.62. The standard InChI is InChI=1S/C49H68N6O5/c1-29(2)44-43(28-56)60-55(45(44)48(58)51-41-24-35-23-40(30(41)3)49(35,4)5)26-31-15-14-17-39(46(31)59-11)32-19-33(22-37(21-32)53(8)9)47(57)50-36(27-52(6)7)20-34-25-54(10)42-18-13-12-16-38(34)42/h12-19,21-22,25,29-30,35-36,40-41,43-45,56H,20,23-24,26-28H2,1-11H3,(H,50,57)(H,51,58)/t30-,35+,36+,40-,41-,43-,44-,45-/m0/s1. The summed E-state index contributed by atoms with van der Waals surface area (Å²) in [6, 6.07) is 19.7. The third-order valence-corrected chi connectivity index (χ3v) is 14.3. The number of aliphatic hydroxyl groups is 1. The van der Waals surface area contributed by atoms with Crippen molar-refractivity contribution in [1.82, 2.24) is 25.2 Å². The summed E-state index contributed by atoms with van der Waals surface area (Å²) in [5.41, 5.74) is 6.60. The van der Waals surface area contributed by atoms with Crippen molar-refractivity contribution in [2.45, 2.75) is 84.7 Å². The molecule has 8 rings (SSSR count). The summed E-state index contributed by atoms with van der Waals surface area (Å²) in [7, 11) is 11.7. The fourth-order valence-electron chi connectivity index (χ4n) is 10.9. The van der Waals surface area contributed by atoms with Gasteiger partial charge in [0.1, 0.15) is 17.9 Å². The normalized spacial score (nSPS) is 25.3. The van der Waals surface area contributed by atoms with Gasteiger partial charge in [-0.25, -0.2) is 0 Å². The van der Waals surface area contributed by atoms with Gasteiger partial charge < -0.3 is 34.8 Å². The van der Waals surface area contributed by atoms with Crippen molar-refractivity contribution in [2.24, 2.45) is 42.1 Å². The van der Waals surface area contributed by atoms with E-state index in [0.717, 1.165) is 28.8 Å². The summed E-state index contributed by atoms with van der Waals surface area (Å²) in [4.78, 5) is 39.4. The fourth-order valence-corrected chi connectivity index (χ4v) is 10.9. The van der Waals surface area contributed by atoms with E-state index in [1.807, 2.05) is 63.4 Å². The van der Waals surface area contributed by atoms with Gasteiger partial charge in [-0.3, -0.25) is 14.4 Å². The Morgan fingerprint density at radius 3 is 2.42 bits per heavy atom. The quantitative estimate of drug-likeness (QED) is 0.121. The number of likely N-dealkylation sites (N-methyl/N-ethyl adjacent to an activating group) is 1. The third kappa shape index (κ3) is 8.43. The van der Waals surface area contributed by atoms with Gasteiger partial charge in [-0.15, -0.1) is 0 Å². The Morgan fingerprint density at radius 1 is 1.02 bits per heavy atom. The lowest BCUT2D eigenvalue weighted by molar-refractivity contribution is -0.183. The number of carbonyl (C=O) groups excluding carboxylic acids is 2. The van der Waals surface area contributed by atoms with Crippen LogP contribution in [0, 0.1) is 35.0 Å². The smallest absolute Gasteiger partial charge is 0.251 e. The van der Waals surface area contributed by atoms with Crippen LogP contribution < -0.4 is 20.3 Å². The highest BCUT2D eigenvalue weighted by Crippen LogP contribution is 2.61. The molecule has 1 saturated heterocycles. The van der Waals surface area contributed by atoms with Gasteiger partial charge in [0.25, 0.3) is 5.91 Å². The van der Waals surface area contributed by atoms with Crippen molar-refractivity contribution in [3.63, 3.8) is 0 Å². The number of fused-ring (bicyclic) bond motifs is 3. The molecular weight excluding hydrogens is 753 g/mol. The van der Waals surface area contributed by atoms with Crippen LogP contribution in [0.5, 0.6) is 5.75 Å². The van der Waals surface area contributed by atoms with E-state index < -0.39 is 12.1 Å². The molecule has 324 valence electrons. The second-order valence-corrected chi connectivity index (χ2v) is 19.3. The number of rotatable bonds is 15. The zero-order valence-corrected chi connectivity index (χ0v) is 37.7. The van der Waals surface area contributed by atoms with Gasteiger partial charge in [-0.2, -0.15) is 5.06 Å². The summed E-state index contributed by atoms with van der Waals surface area (Å²) >= 11 is 0. The van der Waals surface area contributed by atoms with Crippen LogP contribution in [0.25, 0.3) is 22.0 Å². The number of amides is 2. The van der Waals surface area contributed by atoms with Crippen LogP contribution in [-0.2, 0) is 29.6 Å². The van der Waals surface area contributed by atoms with E-state index in [1.54, 1.807) is 12.2 Å². The molecule has 4 aromatic rings. The molecule has 0 unspecified atom stereocenters. The van der Waals surface area contributed by atoms with Crippen molar-refractivity contribution in [3.8, 4) is 16.9 Å². The molecule has 3 aliphatic carbocycles. The average Bonchev–Trinajstić information content (AvgIpc) is 3.74. The summed E-state index contributed by atoms with van der Waals surface area (Å²) in [5.74, 6) is 1.94. The first-order valence-electron chi connectivity index (χ1n) is 21.8. The van der Waals surface area contributed by atoms with Gasteiger partial charge in [0.2, 0.25) is 5.91 Å². The van der Waals surface area contributed by atoms with Crippen LogP contribution in [0.3, 0.4) is 0 Å². The van der Waals surface area contributed by atoms with Gasteiger partial charge in [0, 0.05) is 85.2 Å². The molecule has 11 nitrogen and oxygen atoms in total. The largest absolute Gasteiger partial charge is 0.496 e. The van der Waals surface area contributed by atoms with Crippen molar-refractivity contribution in [2.75, 3.05) is 53.4 Å². The van der Waals surface area contributed by atoms with E-state index in [0.29, 0.717) is 47.4 Å². The van der Waals surface area contributed by atoms with Gasteiger partial charge in [-0.05, 0) is 97.8 Å². The van der Waals surface area contributed by atoms with E-state index >= 15 is 0 Å². The molecule has 3 N–H and O–H groups in total. The van der Waals surface area contributed by atoms with E-state index in [1.165, 1.54) is 22.9 Å². The monoisotopic (exact) mass is 821 g/mol. The number of aryl methyl sites for hydroxylation is 1. The van der Waals surface area contributed by atoms with E-state index in [-0.39, 0.29) is 48.9 Å². The number of carbonyl (C=O) groups is 2. The minimum absolute atomic E-state index is 0.0434. The number of anilines is 1. The molecule has 3 saturated carbocycles. The molecule has 8 atom stereocenters. The predicted molar refractivity (Wildman–Crippen MR) is 240 cm³/mol. The molecule has 4 aliphatic rings. The topological polar surface area (TPSA) is 112 Å². The number of nitrogens with one attached hydrogen (secondary N) is 2. The minimum atomic E-state index is -0.592. The zero-order chi connectivity index (χ0) is 43.2. The molecular formula is C49H68N6O5. The number of nitrogens with zero attached hydrogens (tertiary/aromatic N) is 4. The number of hydrogen-bond donors (Lipinski definition) is 3. The number of aliphatic hydroxyl groups excluding tert-OH is 1. The van der Waals surface area contributed by atoms with Gasteiger partial charge in [-0.1, -0.05) is 71.0 Å². The molecule has 2 bridgehead atoms. The number of hydrogen-bond acceptors (Lipinski definition) is 8. The molecule has 60 heavy (non-hydrogen) atoms. The summed E-state index contributed by atoms with van der Waals surface area (Å²) in [6.45, 7) is 12.0. The Balaban J connectivity index is 1.16. The molecule has 4 fully saturated rings. The number of aromatic nitrogens is 1. The van der Waals surface area contributed by atoms with Gasteiger partial charge in [0.05, 0.1) is 20.3 Å². The number of hydroxylamine groups is 2. The molecule has 0 spiro atoms. The lowest BCUT2D eigenvalue weighted by atomic mass is 9.45. The lowest BCUT2D eigenvalue weighted by Crippen LogP contribution is -2.62. The molecule has 2 heterocycles. The summed E-state index contributed by atoms with van der Waals surface area (Å²) < 4.78 is 8.34. The number of methoxy groups -OCH3 is 1. The van der Waals surface area contributed by atoms with Crippen molar-refractivity contribution >= 4 is 28.4 Å². The Kier molecular flexibility index (Phi) is 12.7. The number of ether oxygens (including phenoxy) is 1. The van der Waals surface area contributed by atoms with E-state index in [4.69, 9.17) is 9.57 Å². The summed E-state index contributed by atoms with van der Waals surface area (Å²) in [5, 5.41) is 20.4. The molecule has 3 aromatic carbocycles. The maximum atomic E-state index is 14.5. The Labute approximate surface area is 357 Å². The molecule has 1 aromatic heterocycles. The maximum Gasteiger partial charge on any atom is 0.251 e. The predicted octanol–water partition coefficient (Wildman–Crippen LogP) is 6.76. The second-order valence-electron chi connectivity index (χ2n) is 19.3. The first kappa shape index (κ1) is 43.7. The number of para-hydroxylation sites is 2. The molecule has 2 amide bonds. The van der Waals surface area contributed by atoms with E-state index in [2.05, 4.69) is 98.3 Å². The first-order valence-corrected chi connectivity index (χ1v) is 21.8. The van der Waals surface area contributed by atoms with Crippen LogP contribution in [0.1, 0.15) is 68.9 Å². The van der Waals surface area contributed by atoms with Crippen LogP contribution >= 0.6 is 0 Å². The summed E-state index contributed by atoms with van der Waals surface area (Å²) in [6.07, 6.45) is 4.57. The minimum Gasteiger partial charge on any atom is -0.496 e. The molecule has 1 aliphatic heterocycles. The van der Waals surface area contributed by atoms with Crippen LogP contribution in [-0.4, -0.2) is 104 Å². The van der Waals surface area contributed by atoms with Gasteiger partial charge in [0.15, 0.2) is 0 Å². The van der Waals surface area contributed by atoms with E-state index in [9.17, 15) is 14.7 Å².